The second-order valence-electron chi connectivity index (χ2n) is 7.82. The van der Waals surface area contributed by atoms with Crippen LogP contribution in [0.4, 0.5) is 0 Å². The number of hydrogen-bond acceptors (Lipinski definition) is 5. The third-order valence-corrected chi connectivity index (χ3v) is 7.53. The number of fused-ring (bicyclic) bond motifs is 1. The molecular weight excluding hydrogens is 424 g/mol. The van der Waals surface area contributed by atoms with E-state index in [1.54, 1.807) is 34.6 Å². The van der Waals surface area contributed by atoms with Crippen LogP contribution in [0.2, 0.25) is 0 Å². The SMILES string of the molecule is N#CC(C(=O)C=Cc1ccc(S(=O)(=O)N2CCCCCC2)cc1)c1nc2ccccc2[nH]1. The van der Waals surface area contributed by atoms with E-state index < -0.39 is 21.7 Å². The summed E-state index contributed by atoms with van der Waals surface area (Å²) in [7, 11) is -3.51. The molecule has 1 N–H and O–H groups in total. The number of para-hydroxylation sites is 2. The number of benzene rings is 2. The predicted octanol–water partition coefficient (Wildman–Crippen LogP) is 4.02. The van der Waals surface area contributed by atoms with E-state index in [0.29, 0.717) is 30.0 Å². The minimum atomic E-state index is -3.51. The van der Waals surface area contributed by atoms with E-state index in [-0.39, 0.29) is 4.90 Å². The van der Waals surface area contributed by atoms with Crippen LogP contribution < -0.4 is 0 Å². The van der Waals surface area contributed by atoms with Crippen molar-refractivity contribution >= 4 is 32.9 Å². The average Bonchev–Trinajstić information content (AvgIpc) is 3.02. The van der Waals surface area contributed by atoms with Gasteiger partial charge in [-0.1, -0.05) is 43.2 Å². The quantitative estimate of drug-likeness (QED) is 0.573. The van der Waals surface area contributed by atoms with Gasteiger partial charge in [-0.2, -0.15) is 9.57 Å². The zero-order chi connectivity index (χ0) is 22.6. The van der Waals surface area contributed by atoms with Crippen molar-refractivity contribution in [3.8, 4) is 6.07 Å². The number of hydrogen-bond donors (Lipinski definition) is 1. The Kier molecular flexibility index (Phi) is 6.49. The summed E-state index contributed by atoms with van der Waals surface area (Å²) in [5.74, 6) is -1.13. The number of carbonyl (C=O) groups is 1. The molecule has 0 aliphatic carbocycles. The van der Waals surface area contributed by atoms with Gasteiger partial charge in [0.25, 0.3) is 0 Å². The molecular formula is C24H24N4O3S. The standard InChI is InChI=1S/C24H24N4O3S/c25-17-20(24-26-21-7-3-4-8-22(21)27-24)23(29)14-11-18-9-12-19(13-10-18)32(30,31)28-15-5-1-2-6-16-28/h3-4,7-14,20H,1-2,5-6,15-16H2,(H,26,27). The Bertz CT molecular complexity index is 1250. The first-order chi connectivity index (χ1) is 15.5. The molecule has 1 aliphatic heterocycles. The van der Waals surface area contributed by atoms with Crippen molar-refractivity contribution in [1.29, 1.82) is 5.26 Å². The summed E-state index contributed by atoms with van der Waals surface area (Å²) in [6.07, 6.45) is 6.79. The number of carbonyl (C=O) groups excluding carboxylic acids is 1. The van der Waals surface area contributed by atoms with Crippen LogP contribution in [0.3, 0.4) is 0 Å². The molecule has 3 aromatic rings. The number of aromatic amines is 1. The molecule has 2 heterocycles. The summed E-state index contributed by atoms with van der Waals surface area (Å²) in [4.78, 5) is 20.2. The van der Waals surface area contributed by atoms with Crippen LogP contribution in [0.5, 0.6) is 0 Å². The molecule has 0 radical (unpaired) electrons. The number of ketones is 1. The van der Waals surface area contributed by atoms with Gasteiger partial charge in [0.2, 0.25) is 10.0 Å². The fourth-order valence-electron chi connectivity index (χ4n) is 3.83. The monoisotopic (exact) mass is 448 g/mol. The second-order valence-corrected chi connectivity index (χ2v) is 9.76. The van der Waals surface area contributed by atoms with Gasteiger partial charge in [0, 0.05) is 13.1 Å². The fraction of sp³-hybridized carbons (Fsp3) is 0.292. The number of imidazole rings is 1. The highest BCUT2D eigenvalue weighted by Crippen LogP contribution is 2.22. The summed E-state index contributed by atoms with van der Waals surface area (Å²) in [6, 6.07) is 15.8. The first kappa shape index (κ1) is 21.9. The van der Waals surface area contributed by atoms with Gasteiger partial charge in [-0.3, -0.25) is 4.79 Å². The van der Waals surface area contributed by atoms with Crippen molar-refractivity contribution in [2.75, 3.05) is 13.1 Å². The second kappa shape index (κ2) is 9.47. The highest BCUT2D eigenvalue weighted by atomic mass is 32.2. The molecule has 32 heavy (non-hydrogen) atoms. The van der Waals surface area contributed by atoms with Gasteiger partial charge < -0.3 is 4.98 Å². The number of H-pyrrole nitrogens is 1. The van der Waals surface area contributed by atoms with Crippen LogP contribution in [0, 0.1) is 11.3 Å². The van der Waals surface area contributed by atoms with Crippen molar-refractivity contribution in [1.82, 2.24) is 14.3 Å². The number of sulfonamides is 1. The zero-order valence-corrected chi connectivity index (χ0v) is 18.4. The van der Waals surface area contributed by atoms with Gasteiger partial charge in [-0.05, 0) is 48.7 Å². The molecule has 0 amide bonds. The highest BCUT2D eigenvalue weighted by Gasteiger charge is 2.25. The van der Waals surface area contributed by atoms with E-state index in [1.807, 2.05) is 30.3 Å². The van der Waals surface area contributed by atoms with Crippen LogP contribution in [0.1, 0.15) is 43.0 Å². The summed E-state index contributed by atoms with van der Waals surface area (Å²) < 4.78 is 27.3. The molecule has 2 aromatic carbocycles. The summed E-state index contributed by atoms with van der Waals surface area (Å²) in [5, 5.41) is 9.51. The molecule has 0 spiro atoms. The van der Waals surface area contributed by atoms with Crippen LogP contribution in [0.15, 0.2) is 59.5 Å². The van der Waals surface area contributed by atoms with E-state index in [1.165, 1.54) is 6.08 Å². The van der Waals surface area contributed by atoms with Gasteiger partial charge in [0.15, 0.2) is 11.7 Å². The van der Waals surface area contributed by atoms with Crippen LogP contribution in [0.25, 0.3) is 17.1 Å². The van der Waals surface area contributed by atoms with E-state index in [2.05, 4.69) is 9.97 Å². The first-order valence-electron chi connectivity index (χ1n) is 10.7. The van der Waals surface area contributed by atoms with Crippen molar-refractivity contribution in [3.05, 3.63) is 66.0 Å². The number of aromatic nitrogens is 2. The molecule has 8 heteroatoms. The van der Waals surface area contributed by atoms with E-state index in [9.17, 15) is 18.5 Å². The Morgan fingerprint density at radius 1 is 1.06 bits per heavy atom. The average molecular weight is 449 g/mol. The van der Waals surface area contributed by atoms with Crippen molar-refractivity contribution in [3.63, 3.8) is 0 Å². The lowest BCUT2D eigenvalue weighted by Crippen LogP contribution is -2.31. The highest BCUT2D eigenvalue weighted by molar-refractivity contribution is 7.89. The Morgan fingerprint density at radius 2 is 1.75 bits per heavy atom. The predicted molar refractivity (Wildman–Crippen MR) is 122 cm³/mol. The lowest BCUT2D eigenvalue weighted by Gasteiger charge is -2.19. The van der Waals surface area contributed by atoms with Crippen LogP contribution in [-0.2, 0) is 14.8 Å². The zero-order valence-electron chi connectivity index (χ0n) is 17.6. The Hall–Kier alpha value is -3.28. The Labute approximate surface area is 187 Å². The first-order valence-corrected chi connectivity index (χ1v) is 12.1. The van der Waals surface area contributed by atoms with Crippen LogP contribution >= 0.6 is 0 Å². The molecule has 1 atom stereocenters. The molecule has 1 aromatic heterocycles. The molecule has 1 unspecified atom stereocenters. The van der Waals surface area contributed by atoms with Crippen molar-refractivity contribution < 1.29 is 13.2 Å². The lowest BCUT2D eigenvalue weighted by molar-refractivity contribution is -0.114. The van der Waals surface area contributed by atoms with Gasteiger partial charge in [-0.25, -0.2) is 13.4 Å². The smallest absolute Gasteiger partial charge is 0.243 e. The Balaban J connectivity index is 1.48. The largest absolute Gasteiger partial charge is 0.340 e. The molecule has 0 saturated carbocycles. The van der Waals surface area contributed by atoms with Crippen molar-refractivity contribution in [2.24, 2.45) is 0 Å². The number of nitriles is 1. The van der Waals surface area contributed by atoms with E-state index >= 15 is 0 Å². The number of nitrogens with zero attached hydrogens (tertiary/aromatic N) is 3. The topological polar surface area (TPSA) is 107 Å². The summed E-state index contributed by atoms with van der Waals surface area (Å²) in [5.41, 5.74) is 2.14. The van der Waals surface area contributed by atoms with Gasteiger partial charge in [0.05, 0.1) is 22.0 Å². The number of rotatable bonds is 6. The Morgan fingerprint density at radius 3 is 2.41 bits per heavy atom. The maximum absolute atomic E-state index is 12.9. The normalized spacial score (nSPS) is 16.6. The molecule has 1 fully saturated rings. The van der Waals surface area contributed by atoms with Gasteiger partial charge in [0.1, 0.15) is 5.82 Å². The molecule has 164 valence electrons. The van der Waals surface area contributed by atoms with E-state index in [0.717, 1.165) is 31.2 Å². The van der Waals surface area contributed by atoms with Crippen molar-refractivity contribution in [2.45, 2.75) is 36.5 Å². The molecule has 1 aliphatic rings. The van der Waals surface area contributed by atoms with Gasteiger partial charge in [-0.15, -0.1) is 0 Å². The van der Waals surface area contributed by atoms with Gasteiger partial charge >= 0.3 is 0 Å². The third kappa shape index (κ3) is 4.64. The minimum absolute atomic E-state index is 0.250. The lowest BCUT2D eigenvalue weighted by atomic mass is 10.0. The maximum atomic E-state index is 12.9. The fourth-order valence-corrected chi connectivity index (χ4v) is 5.34. The summed E-state index contributed by atoms with van der Waals surface area (Å²) in [6.45, 7) is 1.10. The van der Waals surface area contributed by atoms with Crippen LogP contribution in [-0.4, -0.2) is 41.6 Å². The molecule has 7 nitrogen and oxygen atoms in total. The third-order valence-electron chi connectivity index (χ3n) is 5.62. The maximum Gasteiger partial charge on any atom is 0.243 e. The van der Waals surface area contributed by atoms with E-state index in [4.69, 9.17) is 0 Å². The molecule has 0 bridgehead atoms. The minimum Gasteiger partial charge on any atom is -0.340 e. The summed E-state index contributed by atoms with van der Waals surface area (Å²) >= 11 is 0. The number of nitrogens with one attached hydrogen (secondary N) is 1. The molecule has 4 rings (SSSR count). The number of allylic oxidation sites excluding steroid dienone is 1. The molecule has 1 saturated heterocycles.